The summed E-state index contributed by atoms with van der Waals surface area (Å²) in [5, 5.41) is 2.66. The van der Waals surface area contributed by atoms with E-state index in [9.17, 15) is 13.2 Å². The topological polar surface area (TPSA) is 50.2 Å². The van der Waals surface area contributed by atoms with Gasteiger partial charge in [0.05, 0.1) is 12.4 Å². The summed E-state index contributed by atoms with van der Waals surface area (Å²) in [4.78, 5) is 11.1. The van der Waals surface area contributed by atoms with Gasteiger partial charge in [-0.05, 0) is 12.6 Å². The highest BCUT2D eigenvalue weighted by Crippen LogP contribution is 2.26. The zero-order valence-corrected chi connectivity index (χ0v) is 9.83. The Balaban J connectivity index is 3.09. The van der Waals surface area contributed by atoms with Crippen molar-refractivity contribution in [1.29, 1.82) is 0 Å². The van der Waals surface area contributed by atoms with Crippen molar-refractivity contribution in [3.05, 3.63) is 36.6 Å². The van der Waals surface area contributed by atoms with Crippen LogP contribution in [0.15, 0.2) is 30.2 Å². The first-order valence-electron chi connectivity index (χ1n) is 5.30. The van der Waals surface area contributed by atoms with Crippen molar-refractivity contribution in [2.24, 2.45) is 4.99 Å². The van der Waals surface area contributed by atoms with E-state index >= 15 is 0 Å². The van der Waals surface area contributed by atoms with Crippen LogP contribution in [0, 0.1) is 0 Å². The van der Waals surface area contributed by atoms with Gasteiger partial charge in [0.15, 0.2) is 11.5 Å². The fourth-order valence-electron chi connectivity index (χ4n) is 1.14. The van der Waals surface area contributed by atoms with Crippen molar-refractivity contribution in [1.82, 2.24) is 15.3 Å². The Labute approximate surface area is 103 Å². The zero-order chi connectivity index (χ0) is 13.6. The van der Waals surface area contributed by atoms with Gasteiger partial charge in [0.2, 0.25) is 0 Å². The van der Waals surface area contributed by atoms with Gasteiger partial charge in [-0.15, -0.1) is 0 Å². The minimum atomic E-state index is -4.52. The molecular weight excluding hydrogens is 245 g/mol. The first-order valence-corrected chi connectivity index (χ1v) is 5.30. The van der Waals surface area contributed by atoms with Gasteiger partial charge in [0.1, 0.15) is 5.69 Å². The molecule has 0 atom stereocenters. The predicted octanol–water partition coefficient (Wildman–Crippen LogP) is 2.39. The molecule has 1 N–H and O–H groups in total. The summed E-state index contributed by atoms with van der Waals surface area (Å²) in [7, 11) is 0. The van der Waals surface area contributed by atoms with Crippen LogP contribution in [0.25, 0.3) is 0 Å². The van der Waals surface area contributed by atoms with Gasteiger partial charge in [0.25, 0.3) is 0 Å². The van der Waals surface area contributed by atoms with E-state index in [0.717, 1.165) is 6.42 Å². The lowest BCUT2D eigenvalue weighted by Crippen LogP contribution is -2.22. The molecule has 0 saturated heterocycles. The number of hydrogen-bond donors (Lipinski definition) is 1. The van der Waals surface area contributed by atoms with Gasteiger partial charge >= 0.3 is 6.18 Å². The van der Waals surface area contributed by atoms with Gasteiger partial charge in [-0.25, -0.2) is 4.98 Å². The van der Waals surface area contributed by atoms with Crippen LogP contribution in [-0.2, 0) is 6.18 Å². The van der Waals surface area contributed by atoms with Gasteiger partial charge < -0.3 is 5.32 Å². The second kappa shape index (κ2) is 6.13. The molecule has 0 spiro atoms. The van der Waals surface area contributed by atoms with Crippen LogP contribution in [0.3, 0.4) is 0 Å². The van der Waals surface area contributed by atoms with Crippen molar-refractivity contribution in [3.8, 4) is 0 Å². The molecule has 0 aliphatic rings. The molecule has 1 rings (SSSR count). The Morgan fingerprint density at radius 1 is 1.50 bits per heavy atom. The molecule has 0 aromatic carbocycles. The Morgan fingerprint density at radius 2 is 2.22 bits per heavy atom. The molecule has 0 bridgehead atoms. The Kier molecular flexibility index (Phi) is 4.82. The van der Waals surface area contributed by atoms with E-state index in [0.29, 0.717) is 12.7 Å². The molecule has 4 nitrogen and oxygen atoms in total. The van der Waals surface area contributed by atoms with Crippen molar-refractivity contribution < 1.29 is 13.2 Å². The van der Waals surface area contributed by atoms with Crippen molar-refractivity contribution >= 4 is 5.84 Å². The van der Waals surface area contributed by atoms with E-state index in [1.54, 1.807) is 0 Å². The van der Waals surface area contributed by atoms with Crippen molar-refractivity contribution in [3.63, 3.8) is 0 Å². The fraction of sp³-hybridized carbons (Fsp3) is 0.364. The number of aliphatic imine (C=N–C) groups is 1. The highest BCUT2D eigenvalue weighted by atomic mass is 19.4. The summed E-state index contributed by atoms with van der Waals surface area (Å²) in [5.74, 6) is 0.227. The lowest BCUT2D eigenvalue weighted by atomic mass is 10.3. The second-order valence-electron chi connectivity index (χ2n) is 3.37. The minimum Gasteiger partial charge on any atom is -0.346 e. The Hall–Kier alpha value is -1.92. The number of nitrogens with one attached hydrogen (secondary N) is 1. The summed E-state index contributed by atoms with van der Waals surface area (Å²) < 4.78 is 37.5. The van der Waals surface area contributed by atoms with Gasteiger partial charge in [-0.3, -0.25) is 9.98 Å². The van der Waals surface area contributed by atoms with Crippen LogP contribution in [0.4, 0.5) is 13.2 Å². The predicted molar refractivity (Wildman–Crippen MR) is 62.1 cm³/mol. The molecule has 0 fully saturated rings. The van der Waals surface area contributed by atoms with Gasteiger partial charge in [-0.1, -0.05) is 13.5 Å². The van der Waals surface area contributed by atoms with Crippen LogP contribution in [0.5, 0.6) is 0 Å². The van der Waals surface area contributed by atoms with E-state index in [-0.39, 0.29) is 11.5 Å². The molecule has 1 heterocycles. The molecule has 98 valence electrons. The second-order valence-corrected chi connectivity index (χ2v) is 3.37. The van der Waals surface area contributed by atoms with Crippen LogP contribution >= 0.6 is 0 Å². The summed E-state index contributed by atoms with van der Waals surface area (Å²) in [6, 6.07) is 0. The molecule has 0 aliphatic carbocycles. The summed E-state index contributed by atoms with van der Waals surface area (Å²) in [6.45, 7) is 5.83. The molecule has 1 aromatic heterocycles. The van der Waals surface area contributed by atoms with Crippen molar-refractivity contribution in [2.75, 3.05) is 6.54 Å². The molecular formula is C11H13F3N4. The lowest BCUT2D eigenvalue weighted by Gasteiger charge is -2.09. The highest BCUT2D eigenvalue weighted by molar-refractivity contribution is 5.97. The molecule has 7 heteroatoms. The SMILES string of the molecule is C=CNC(=NCCC)c1cncc(C(F)(F)F)n1. The number of rotatable bonds is 4. The van der Waals surface area contributed by atoms with Gasteiger partial charge in [-0.2, -0.15) is 13.2 Å². The van der Waals surface area contributed by atoms with E-state index in [2.05, 4.69) is 26.9 Å². The average Bonchev–Trinajstić information content (AvgIpc) is 2.33. The highest BCUT2D eigenvalue weighted by Gasteiger charge is 2.33. The number of aromatic nitrogens is 2. The summed E-state index contributed by atoms with van der Waals surface area (Å²) in [6.07, 6.45) is -0.521. The number of hydrogen-bond acceptors (Lipinski definition) is 3. The standard InChI is InChI=1S/C11H13F3N4/c1-3-5-17-10(16-4-2)8-6-15-7-9(18-8)11(12,13)14/h4,6-7H,2-3,5H2,1H3,(H,16,17). The third-order valence-corrected chi connectivity index (χ3v) is 1.90. The van der Waals surface area contributed by atoms with Crippen LogP contribution < -0.4 is 5.32 Å². The maximum absolute atomic E-state index is 12.5. The smallest absolute Gasteiger partial charge is 0.346 e. The molecule has 0 amide bonds. The molecule has 0 saturated carbocycles. The largest absolute Gasteiger partial charge is 0.434 e. The molecule has 1 aromatic rings. The third-order valence-electron chi connectivity index (χ3n) is 1.90. The summed E-state index contributed by atoms with van der Waals surface area (Å²) in [5.41, 5.74) is -1.01. The minimum absolute atomic E-state index is 0.0400. The van der Waals surface area contributed by atoms with Crippen molar-refractivity contribution in [2.45, 2.75) is 19.5 Å². The maximum Gasteiger partial charge on any atom is 0.434 e. The average molecular weight is 258 g/mol. The van der Waals surface area contributed by atoms with Crippen LogP contribution in [0.1, 0.15) is 24.7 Å². The summed E-state index contributed by atoms with van der Waals surface area (Å²) >= 11 is 0. The van der Waals surface area contributed by atoms with Crippen LogP contribution in [-0.4, -0.2) is 22.3 Å². The quantitative estimate of drug-likeness (QED) is 0.666. The first kappa shape index (κ1) is 14.1. The van der Waals surface area contributed by atoms with E-state index in [4.69, 9.17) is 0 Å². The first-order chi connectivity index (χ1) is 8.49. The number of halogens is 3. The zero-order valence-electron chi connectivity index (χ0n) is 9.83. The number of nitrogens with zero attached hydrogens (tertiary/aromatic N) is 3. The number of amidine groups is 1. The van der Waals surface area contributed by atoms with E-state index < -0.39 is 11.9 Å². The third kappa shape index (κ3) is 3.83. The molecule has 0 radical (unpaired) electrons. The molecule has 18 heavy (non-hydrogen) atoms. The molecule has 0 aliphatic heterocycles. The normalized spacial score (nSPS) is 12.3. The Bertz CT molecular complexity index is 440. The van der Waals surface area contributed by atoms with E-state index in [1.807, 2.05) is 6.92 Å². The fourth-order valence-corrected chi connectivity index (χ4v) is 1.14. The monoisotopic (exact) mass is 258 g/mol. The number of alkyl halides is 3. The Morgan fingerprint density at radius 3 is 2.78 bits per heavy atom. The van der Waals surface area contributed by atoms with E-state index in [1.165, 1.54) is 12.4 Å². The maximum atomic E-state index is 12.5. The molecule has 0 unspecified atom stereocenters. The van der Waals surface area contributed by atoms with Gasteiger partial charge in [0, 0.05) is 6.54 Å². The van der Waals surface area contributed by atoms with Crippen LogP contribution in [0.2, 0.25) is 0 Å². The lowest BCUT2D eigenvalue weighted by molar-refractivity contribution is -0.141.